The molecule has 1 aliphatic heterocycles. The predicted octanol–water partition coefficient (Wildman–Crippen LogP) is 2.38. The van der Waals surface area contributed by atoms with Crippen molar-refractivity contribution in [3.63, 3.8) is 0 Å². The van der Waals surface area contributed by atoms with Crippen LogP contribution in [0.2, 0.25) is 0 Å². The number of aryl methyl sites for hydroxylation is 1. The van der Waals surface area contributed by atoms with Crippen LogP contribution in [0.4, 0.5) is 5.69 Å². The molecular formula is C21H22N2O3. The number of hydrogen-bond acceptors (Lipinski definition) is 3. The van der Waals surface area contributed by atoms with Gasteiger partial charge in [0.1, 0.15) is 0 Å². The Bertz CT molecular complexity index is 809. The molecule has 1 N–H and O–H groups in total. The van der Waals surface area contributed by atoms with Gasteiger partial charge < -0.3 is 5.32 Å². The van der Waals surface area contributed by atoms with Crippen LogP contribution < -0.4 is 5.32 Å². The number of allylic oxidation sites excluding steroid dienone is 2. The minimum absolute atomic E-state index is 0.0620. The van der Waals surface area contributed by atoms with Gasteiger partial charge in [0.05, 0.1) is 11.8 Å². The Morgan fingerprint density at radius 1 is 1.12 bits per heavy atom. The molecule has 2 bridgehead atoms. The van der Waals surface area contributed by atoms with Crippen LogP contribution in [0.5, 0.6) is 0 Å². The summed E-state index contributed by atoms with van der Waals surface area (Å²) >= 11 is 0. The Morgan fingerprint density at radius 2 is 1.77 bits per heavy atom. The Kier molecular flexibility index (Phi) is 3.36. The zero-order valence-corrected chi connectivity index (χ0v) is 14.7. The van der Waals surface area contributed by atoms with E-state index < -0.39 is 0 Å². The summed E-state index contributed by atoms with van der Waals surface area (Å²) < 4.78 is 0. The van der Waals surface area contributed by atoms with E-state index in [0.29, 0.717) is 11.8 Å². The van der Waals surface area contributed by atoms with E-state index in [1.807, 2.05) is 31.2 Å². The van der Waals surface area contributed by atoms with Crippen molar-refractivity contribution in [2.24, 2.45) is 35.5 Å². The van der Waals surface area contributed by atoms with Crippen molar-refractivity contribution in [1.29, 1.82) is 0 Å². The lowest BCUT2D eigenvalue weighted by atomic mass is 9.63. The third-order valence-corrected chi connectivity index (χ3v) is 6.62. The van der Waals surface area contributed by atoms with E-state index in [1.54, 1.807) is 0 Å². The molecule has 1 aromatic rings. The lowest BCUT2D eigenvalue weighted by molar-refractivity contribution is -0.140. The molecule has 6 rings (SSSR count). The number of carbonyl (C=O) groups is 3. The van der Waals surface area contributed by atoms with Crippen LogP contribution in [0, 0.1) is 42.4 Å². The second-order valence-electron chi connectivity index (χ2n) is 8.15. The van der Waals surface area contributed by atoms with Gasteiger partial charge in [-0.3, -0.25) is 19.3 Å². The smallest absolute Gasteiger partial charge is 0.233 e. The number of imide groups is 1. The van der Waals surface area contributed by atoms with Gasteiger partial charge in [-0.1, -0.05) is 24.3 Å². The summed E-state index contributed by atoms with van der Waals surface area (Å²) in [7, 11) is 0. The highest BCUT2D eigenvalue weighted by Crippen LogP contribution is 2.65. The number of nitrogens with one attached hydrogen (secondary N) is 1. The number of rotatable bonds is 4. The van der Waals surface area contributed by atoms with Crippen molar-refractivity contribution in [2.75, 3.05) is 11.9 Å². The minimum atomic E-state index is -0.180. The maximum Gasteiger partial charge on any atom is 0.233 e. The molecule has 0 radical (unpaired) electrons. The summed E-state index contributed by atoms with van der Waals surface area (Å²) in [6, 6.07) is 7.58. The van der Waals surface area contributed by atoms with Crippen LogP contribution in [0.3, 0.4) is 0 Å². The first kappa shape index (κ1) is 15.8. The van der Waals surface area contributed by atoms with Gasteiger partial charge in [-0.25, -0.2) is 0 Å². The Balaban J connectivity index is 1.25. The average Bonchev–Trinajstić information content (AvgIpc) is 3.39. The van der Waals surface area contributed by atoms with Crippen LogP contribution in [0.25, 0.3) is 0 Å². The van der Waals surface area contributed by atoms with Crippen molar-refractivity contribution in [3.8, 4) is 0 Å². The molecule has 26 heavy (non-hydrogen) atoms. The largest absolute Gasteiger partial charge is 0.326 e. The number of amides is 3. The summed E-state index contributed by atoms with van der Waals surface area (Å²) in [4.78, 5) is 39.3. The molecule has 5 heteroatoms. The maximum absolute atomic E-state index is 12.9. The summed E-state index contributed by atoms with van der Waals surface area (Å²) in [5, 5.41) is 2.84. The second kappa shape index (κ2) is 5.53. The molecule has 6 atom stereocenters. The number of nitrogens with zero attached hydrogens (tertiary/aromatic N) is 1. The molecule has 3 amide bonds. The monoisotopic (exact) mass is 350 g/mol. The third-order valence-electron chi connectivity index (χ3n) is 6.62. The SMILES string of the molecule is Cc1cccc(NC(=O)CCN2C(=O)[C@@H]3[C@H]4C=C[C@H]([C@H]5C[C@H]45)[C@@H]3C2=O)c1. The molecule has 1 aromatic carbocycles. The molecule has 0 aromatic heterocycles. The molecule has 1 saturated heterocycles. The van der Waals surface area contributed by atoms with Crippen LogP contribution >= 0.6 is 0 Å². The molecule has 1 heterocycles. The Hall–Kier alpha value is -2.43. The number of hydrogen-bond donors (Lipinski definition) is 1. The maximum atomic E-state index is 12.9. The lowest BCUT2D eigenvalue weighted by Gasteiger charge is -2.37. The van der Waals surface area contributed by atoms with Crippen LogP contribution in [0.1, 0.15) is 18.4 Å². The first-order chi connectivity index (χ1) is 12.5. The van der Waals surface area contributed by atoms with Crippen molar-refractivity contribution in [1.82, 2.24) is 4.90 Å². The number of anilines is 1. The molecule has 5 aliphatic rings. The molecule has 0 spiro atoms. The van der Waals surface area contributed by atoms with E-state index in [0.717, 1.165) is 17.7 Å². The molecule has 3 fully saturated rings. The van der Waals surface area contributed by atoms with Gasteiger partial charge in [0.2, 0.25) is 17.7 Å². The van der Waals surface area contributed by atoms with Crippen molar-refractivity contribution in [2.45, 2.75) is 19.8 Å². The summed E-state index contributed by atoms with van der Waals surface area (Å²) in [5.74, 6) is 1.02. The summed E-state index contributed by atoms with van der Waals surface area (Å²) in [6.07, 6.45) is 5.63. The van der Waals surface area contributed by atoms with E-state index in [4.69, 9.17) is 0 Å². The van der Waals surface area contributed by atoms with E-state index in [-0.39, 0.29) is 54.4 Å². The lowest BCUT2D eigenvalue weighted by Crippen LogP contribution is -2.40. The quantitative estimate of drug-likeness (QED) is 0.670. The standard InChI is InChI=1S/C21H22N2O3/c1-11-3-2-4-12(9-11)22-17(24)7-8-23-20(25)18-13-5-6-14(16-10-15(13)16)19(18)21(23)26/h2-6,9,13-16,18-19H,7-8,10H2,1H3,(H,22,24)/t13-,14+,15-,16-,18+,19-/m1/s1. The van der Waals surface area contributed by atoms with E-state index in [1.165, 1.54) is 4.90 Å². The number of carbonyl (C=O) groups excluding carboxylic acids is 3. The fourth-order valence-corrected chi connectivity index (χ4v) is 5.40. The summed E-state index contributed by atoms with van der Waals surface area (Å²) in [6.45, 7) is 2.14. The second-order valence-corrected chi connectivity index (χ2v) is 8.15. The first-order valence-electron chi connectivity index (χ1n) is 9.44. The molecule has 5 nitrogen and oxygen atoms in total. The first-order valence-corrected chi connectivity index (χ1v) is 9.44. The van der Waals surface area contributed by atoms with E-state index in [2.05, 4.69) is 17.5 Å². The summed E-state index contributed by atoms with van der Waals surface area (Å²) in [5.41, 5.74) is 1.81. The molecular weight excluding hydrogens is 328 g/mol. The van der Waals surface area contributed by atoms with E-state index >= 15 is 0 Å². The number of benzene rings is 1. The van der Waals surface area contributed by atoms with Crippen molar-refractivity contribution < 1.29 is 14.4 Å². The normalized spacial score (nSPS) is 36.1. The molecule has 134 valence electrons. The molecule has 2 saturated carbocycles. The fourth-order valence-electron chi connectivity index (χ4n) is 5.40. The van der Waals surface area contributed by atoms with Gasteiger partial charge in [-0.05, 0) is 54.7 Å². The Labute approximate surface area is 152 Å². The van der Waals surface area contributed by atoms with Crippen LogP contribution in [0.15, 0.2) is 36.4 Å². The molecule has 0 unspecified atom stereocenters. The highest BCUT2D eigenvalue weighted by Gasteiger charge is 2.66. The topological polar surface area (TPSA) is 66.5 Å². The van der Waals surface area contributed by atoms with Gasteiger partial charge in [0, 0.05) is 18.7 Å². The van der Waals surface area contributed by atoms with Crippen LogP contribution in [-0.2, 0) is 14.4 Å². The fraction of sp³-hybridized carbons (Fsp3) is 0.476. The molecule has 4 aliphatic carbocycles. The van der Waals surface area contributed by atoms with Crippen molar-refractivity contribution >= 4 is 23.4 Å². The van der Waals surface area contributed by atoms with Crippen LogP contribution in [-0.4, -0.2) is 29.2 Å². The Morgan fingerprint density at radius 3 is 2.38 bits per heavy atom. The average molecular weight is 350 g/mol. The van der Waals surface area contributed by atoms with Gasteiger partial charge in [-0.15, -0.1) is 0 Å². The zero-order valence-electron chi connectivity index (χ0n) is 14.7. The predicted molar refractivity (Wildman–Crippen MR) is 95.8 cm³/mol. The van der Waals surface area contributed by atoms with Gasteiger partial charge in [0.15, 0.2) is 0 Å². The number of likely N-dealkylation sites (tertiary alicyclic amines) is 1. The third kappa shape index (κ3) is 2.26. The van der Waals surface area contributed by atoms with E-state index in [9.17, 15) is 14.4 Å². The minimum Gasteiger partial charge on any atom is -0.326 e. The highest BCUT2D eigenvalue weighted by molar-refractivity contribution is 6.06. The van der Waals surface area contributed by atoms with Crippen molar-refractivity contribution in [3.05, 3.63) is 42.0 Å². The van der Waals surface area contributed by atoms with Gasteiger partial charge in [-0.2, -0.15) is 0 Å². The highest BCUT2D eigenvalue weighted by atomic mass is 16.2. The zero-order chi connectivity index (χ0) is 18.0. The van der Waals surface area contributed by atoms with Gasteiger partial charge >= 0.3 is 0 Å². The van der Waals surface area contributed by atoms with Gasteiger partial charge in [0.25, 0.3) is 0 Å².